The fourth-order valence-corrected chi connectivity index (χ4v) is 2.94. The fourth-order valence-electron chi connectivity index (χ4n) is 2.23. The molecule has 6 heteroatoms. The molecule has 1 heterocycles. The number of hydrogen-bond acceptors (Lipinski definition) is 4. The van der Waals surface area contributed by atoms with Gasteiger partial charge in [0.15, 0.2) is 5.13 Å². The summed E-state index contributed by atoms with van der Waals surface area (Å²) in [6, 6.07) is 5.95. The molecule has 2 aromatic rings. The predicted molar refractivity (Wildman–Crippen MR) is 91.7 cm³/mol. The molecule has 1 saturated carbocycles. The van der Waals surface area contributed by atoms with E-state index >= 15 is 0 Å². The van der Waals surface area contributed by atoms with E-state index < -0.39 is 0 Å². The molecular weight excluding hydrogens is 310 g/mol. The van der Waals surface area contributed by atoms with E-state index in [4.69, 9.17) is 0 Å². The van der Waals surface area contributed by atoms with Crippen LogP contribution in [0.1, 0.15) is 29.7 Å². The Morgan fingerprint density at radius 3 is 2.78 bits per heavy atom. The van der Waals surface area contributed by atoms with Crippen LogP contribution in [-0.2, 0) is 16.0 Å². The van der Waals surface area contributed by atoms with Gasteiger partial charge in [0.05, 0.1) is 12.1 Å². The molecule has 1 aliphatic carbocycles. The van der Waals surface area contributed by atoms with Crippen LogP contribution < -0.4 is 10.6 Å². The smallest absolute Gasteiger partial charge is 0.230 e. The highest BCUT2D eigenvalue weighted by molar-refractivity contribution is 7.13. The van der Waals surface area contributed by atoms with Crippen molar-refractivity contribution in [3.63, 3.8) is 0 Å². The third kappa shape index (κ3) is 4.16. The van der Waals surface area contributed by atoms with Crippen LogP contribution in [0.3, 0.4) is 0 Å². The second-order valence-corrected chi connectivity index (χ2v) is 6.81. The van der Waals surface area contributed by atoms with Crippen LogP contribution in [0.5, 0.6) is 0 Å². The number of thiazole rings is 1. The third-order valence-electron chi connectivity index (χ3n) is 3.74. The minimum Gasteiger partial charge on any atom is -0.325 e. The summed E-state index contributed by atoms with van der Waals surface area (Å²) in [5, 5.41) is 8.09. The van der Waals surface area contributed by atoms with Crippen molar-refractivity contribution in [1.82, 2.24) is 4.98 Å². The summed E-state index contributed by atoms with van der Waals surface area (Å²) in [5.74, 6) is 0.0738. The standard InChI is InChI=1S/C17H19N3O2S/c1-10-3-4-11(2)14(7-10)19-15(21)8-13-9-23-17(18-13)20-16(22)12-5-6-12/h3-4,7,9,12H,5-6,8H2,1-2H3,(H,19,21)(H,18,20,22). The lowest BCUT2D eigenvalue weighted by molar-refractivity contribution is -0.117. The maximum Gasteiger partial charge on any atom is 0.230 e. The SMILES string of the molecule is Cc1ccc(C)c(NC(=O)Cc2csc(NC(=O)C3CC3)n2)c1. The third-order valence-corrected chi connectivity index (χ3v) is 4.55. The van der Waals surface area contributed by atoms with E-state index in [1.807, 2.05) is 37.4 Å². The Kier molecular flexibility index (Phi) is 4.43. The molecule has 0 saturated heterocycles. The van der Waals surface area contributed by atoms with E-state index in [2.05, 4.69) is 15.6 Å². The number of amides is 2. The summed E-state index contributed by atoms with van der Waals surface area (Å²) >= 11 is 1.35. The van der Waals surface area contributed by atoms with E-state index in [1.165, 1.54) is 11.3 Å². The number of anilines is 2. The van der Waals surface area contributed by atoms with E-state index in [9.17, 15) is 9.59 Å². The van der Waals surface area contributed by atoms with Crippen molar-refractivity contribution in [1.29, 1.82) is 0 Å². The largest absolute Gasteiger partial charge is 0.325 e. The summed E-state index contributed by atoms with van der Waals surface area (Å²) in [7, 11) is 0. The molecular formula is C17H19N3O2S. The van der Waals surface area contributed by atoms with Crippen LogP contribution in [0.4, 0.5) is 10.8 Å². The highest BCUT2D eigenvalue weighted by atomic mass is 32.1. The topological polar surface area (TPSA) is 71.1 Å². The summed E-state index contributed by atoms with van der Waals surface area (Å²) < 4.78 is 0. The van der Waals surface area contributed by atoms with Gasteiger partial charge >= 0.3 is 0 Å². The van der Waals surface area contributed by atoms with E-state index in [0.717, 1.165) is 29.7 Å². The first-order chi connectivity index (χ1) is 11.0. The van der Waals surface area contributed by atoms with Gasteiger partial charge in [0.1, 0.15) is 0 Å². The van der Waals surface area contributed by atoms with E-state index in [1.54, 1.807) is 0 Å². The highest BCUT2D eigenvalue weighted by Gasteiger charge is 2.30. The van der Waals surface area contributed by atoms with Crippen molar-refractivity contribution < 1.29 is 9.59 Å². The number of carbonyl (C=O) groups excluding carboxylic acids is 2. The molecule has 0 radical (unpaired) electrons. The maximum absolute atomic E-state index is 12.2. The van der Waals surface area contributed by atoms with Gasteiger partial charge in [0.25, 0.3) is 0 Å². The van der Waals surface area contributed by atoms with Crippen LogP contribution in [0.15, 0.2) is 23.6 Å². The lowest BCUT2D eigenvalue weighted by Gasteiger charge is -2.08. The van der Waals surface area contributed by atoms with Gasteiger partial charge in [-0.15, -0.1) is 11.3 Å². The van der Waals surface area contributed by atoms with Gasteiger partial charge in [-0.1, -0.05) is 12.1 Å². The quantitative estimate of drug-likeness (QED) is 0.884. The number of rotatable bonds is 5. The van der Waals surface area contributed by atoms with Gasteiger partial charge in [0, 0.05) is 17.0 Å². The van der Waals surface area contributed by atoms with Gasteiger partial charge in [0.2, 0.25) is 11.8 Å². The molecule has 0 atom stereocenters. The first-order valence-electron chi connectivity index (χ1n) is 7.63. The average Bonchev–Trinajstić information content (AvgIpc) is 3.26. The fraction of sp³-hybridized carbons (Fsp3) is 0.353. The monoisotopic (exact) mass is 329 g/mol. The zero-order chi connectivity index (χ0) is 16.4. The second-order valence-electron chi connectivity index (χ2n) is 5.95. The van der Waals surface area contributed by atoms with Crippen molar-refractivity contribution in [2.45, 2.75) is 33.1 Å². The number of aromatic nitrogens is 1. The Morgan fingerprint density at radius 1 is 1.26 bits per heavy atom. The summed E-state index contributed by atoms with van der Waals surface area (Å²) in [6.07, 6.45) is 2.12. The van der Waals surface area contributed by atoms with Gasteiger partial charge < -0.3 is 10.6 Å². The van der Waals surface area contributed by atoms with Gasteiger partial charge in [-0.25, -0.2) is 4.98 Å². The molecule has 1 fully saturated rings. The first kappa shape index (κ1) is 15.7. The second kappa shape index (κ2) is 6.50. The van der Waals surface area contributed by atoms with Crippen LogP contribution >= 0.6 is 11.3 Å². The molecule has 23 heavy (non-hydrogen) atoms. The van der Waals surface area contributed by atoms with Crippen LogP contribution in [0.2, 0.25) is 0 Å². The summed E-state index contributed by atoms with van der Waals surface area (Å²) in [5.41, 5.74) is 3.63. The molecule has 0 spiro atoms. The predicted octanol–water partition coefficient (Wildman–Crippen LogP) is 3.29. The zero-order valence-corrected chi connectivity index (χ0v) is 14.0. The Balaban J connectivity index is 1.58. The van der Waals surface area contributed by atoms with Gasteiger partial charge in [-0.05, 0) is 43.9 Å². The molecule has 3 rings (SSSR count). The van der Waals surface area contributed by atoms with Crippen molar-refractivity contribution in [2.75, 3.05) is 10.6 Å². The summed E-state index contributed by atoms with van der Waals surface area (Å²) in [4.78, 5) is 28.2. The number of nitrogens with one attached hydrogen (secondary N) is 2. The Labute approximate surface area is 139 Å². The van der Waals surface area contributed by atoms with Crippen molar-refractivity contribution in [2.24, 2.45) is 5.92 Å². The van der Waals surface area contributed by atoms with Crippen molar-refractivity contribution in [3.8, 4) is 0 Å². The Morgan fingerprint density at radius 2 is 2.04 bits per heavy atom. The Bertz CT molecular complexity index is 750. The highest BCUT2D eigenvalue weighted by Crippen LogP contribution is 2.30. The Hall–Kier alpha value is -2.21. The number of hydrogen-bond donors (Lipinski definition) is 2. The lowest BCUT2D eigenvalue weighted by Crippen LogP contribution is -2.16. The first-order valence-corrected chi connectivity index (χ1v) is 8.51. The average molecular weight is 329 g/mol. The number of nitrogens with zero attached hydrogens (tertiary/aromatic N) is 1. The molecule has 5 nitrogen and oxygen atoms in total. The minimum atomic E-state index is -0.107. The van der Waals surface area contributed by atoms with E-state index in [-0.39, 0.29) is 24.2 Å². The summed E-state index contributed by atoms with van der Waals surface area (Å²) in [6.45, 7) is 3.95. The molecule has 0 bridgehead atoms. The normalized spacial score (nSPS) is 13.7. The maximum atomic E-state index is 12.2. The number of carbonyl (C=O) groups is 2. The molecule has 2 N–H and O–H groups in total. The van der Waals surface area contributed by atoms with Crippen LogP contribution in [0, 0.1) is 19.8 Å². The lowest BCUT2D eigenvalue weighted by atomic mass is 10.1. The molecule has 1 aromatic carbocycles. The molecule has 2 amide bonds. The molecule has 120 valence electrons. The molecule has 0 aliphatic heterocycles. The van der Waals surface area contributed by atoms with Gasteiger partial charge in [-0.2, -0.15) is 0 Å². The van der Waals surface area contributed by atoms with Crippen LogP contribution in [-0.4, -0.2) is 16.8 Å². The van der Waals surface area contributed by atoms with Crippen molar-refractivity contribution >= 4 is 34.0 Å². The van der Waals surface area contributed by atoms with Gasteiger partial charge in [-0.3, -0.25) is 9.59 Å². The van der Waals surface area contributed by atoms with E-state index in [0.29, 0.717) is 10.8 Å². The van der Waals surface area contributed by atoms with Crippen LogP contribution in [0.25, 0.3) is 0 Å². The number of benzene rings is 1. The minimum absolute atomic E-state index is 0.0331. The number of aryl methyl sites for hydroxylation is 2. The van der Waals surface area contributed by atoms with Crippen molar-refractivity contribution in [3.05, 3.63) is 40.4 Å². The zero-order valence-electron chi connectivity index (χ0n) is 13.2. The molecule has 1 aromatic heterocycles. The molecule has 1 aliphatic rings. The molecule has 0 unspecified atom stereocenters.